The van der Waals surface area contributed by atoms with E-state index >= 15 is 0 Å². The molecule has 1 fully saturated rings. The number of nitrogens with zero attached hydrogens (tertiary/aromatic N) is 2. The average molecular weight is 385 g/mol. The minimum atomic E-state index is -0.155. The Labute approximate surface area is 165 Å². The number of likely N-dealkylation sites (tertiary alicyclic amines) is 1. The highest BCUT2D eigenvalue weighted by atomic mass is 16.7. The van der Waals surface area contributed by atoms with Gasteiger partial charge in [-0.2, -0.15) is 0 Å². The van der Waals surface area contributed by atoms with Crippen LogP contribution in [0.1, 0.15) is 48.7 Å². The summed E-state index contributed by atoms with van der Waals surface area (Å²) in [7, 11) is 0. The highest BCUT2D eigenvalue weighted by Gasteiger charge is 2.24. The third-order valence-corrected chi connectivity index (χ3v) is 5.57. The van der Waals surface area contributed by atoms with E-state index in [0.717, 1.165) is 25.1 Å². The van der Waals surface area contributed by atoms with E-state index in [9.17, 15) is 4.79 Å². The minimum Gasteiger partial charge on any atom is -0.454 e. The van der Waals surface area contributed by atoms with Crippen LogP contribution in [0.5, 0.6) is 11.5 Å². The van der Waals surface area contributed by atoms with Gasteiger partial charge in [0.05, 0.1) is 5.69 Å². The first-order valence-electron chi connectivity index (χ1n) is 10.0. The maximum absolute atomic E-state index is 12.8. The van der Waals surface area contributed by atoms with Crippen molar-refractivity contribution in [1.82, 2.24) is 15.4 Å². The number of fused-ring (bicyclic) bond motifs is 1. The first kappa shape index (κ1) is 18.8. The minimum absolute atomic E-state index is 0.155. The smallest absolute Gasteiger partial charge is 0.257 e. The molecule has 0 aliphatic carbocycles. The van der Waals surface area contributed by atoms with Gasteiger partial charge in [-0.15, -0.1) is 0 Å². The molecule has 0 spiro atoms. The second-order valence-corrected chi connectivity index (χ2v) is 7.53. The molecule has 7 heteroatoms. The Kier molecular flexibility index (Phi) is 5.52. The topological polar surface area (TPSA) is 76.8 Å². The maximum atomic E-state index is 12.8. The number of carbonyl (C=O) groups excluding carboxylic acids is 1. The zero-order valence-electron chi connectivity index (χ0n) is 16.5. The Bertz CT molecular complexity index is 848. The van der Waals surface area contributed by atoms with Gasteiger partial charge in [0.2, 0.25) is 6.79 Å². The summed E-state index contributed by atoms with van der Waals surface area (Å²) in [4.78, 5) is 15.3. The lowest BCUT2D eigenvalue weighted by Crippen LogP contribution is -2.39. The quantitative estimate of drug-likeness (QED) is 0.769. The van der Waals surface area contributed by atoms with Crippen LogP contribution >= 0.6 is 0 Å². The highest BCUT2D eigenvalue weighted by molar-refractivity contribution is 6.00. The number of hydrogen-bond acceptors (Lipinski definition) is 6. The Hall–Kier alpha value is -2.54. The second-order valence-electron chi connectivity index (χ2n) is 7.53. The summed E-state index contributed by atoms with van der Waals surface area (Å²) in [6, 6.07) is 6.12. The first-order chi connectivity index (χ1) is 13.6. The highest BCUT2D eigenvalue weighted by Crippen LogP contribution is 2.37. The Morgan fingerprint density at radius 3 is 3.00 bits per heavy atom. The maximum Gasteiger partial charge on any atom is 0.257 e. The van der Waals surface area contributed by atoms with Crippen LogP contribution in [0.3, 0.4) is 0 Å². The fraction of sp³-hybridized carbons (Fsp3) is 0.524. The molecule has 3 heterocycles. The zero-order chi connectivity index (χ0) is 19.5. The van der Waals surface area contributed by atoms with Crippen molar-refractivity contribution in [3.05, 3.63) is 29.5 Å². The third-order valence-electron chi connectivity index (χ3n) is 5.57. The van der Waals surface area contributed by atoms with Crippen molar-refractivity contribution in [2.45, 2.75) is 45.6 Å². The summed E-state index contributed by atoms with van der Waals surface area (Å²) in [6.45, 7) is 7.08. The van der Waals surface area contributed by atoms with Crippen LogP contribution < -0.4 is 14.8 Å². The molecule has 1 saturated heterocycles. The molecule has 2 aromatic rings. The number of amides is 1. The molecule has 1 aromatic heterocycles. The van der Waals surface area contributed by atoms with Gasteiger partial charge in [0.15, 0.2) is 17.3 Å². The van der Waals surface area contributed by atoms with Crippen molar-refractivity contribution in [3.8, 4) is 22.8 Å². The fourth-order valence-corrected chi connectivity index (χ4v) is 3.93. The number of hydrogen-bond donors (Lipinski definition) is 1. The van der Waals surface area contributed by atoms with Crippen LogP contribution in [0, 0.1) is 6.92 Å². The number of benzene rings is 1. The molecule has 150 valence electrons. The number of carbonyl (C=O) groups is 1. The molecule has 0 saturated carbocycles. The molecule has 4 rings (SSSR count). The van der Waals surface area contributed by atoms with Gasteiger partial charge in [-0.25, -0.2) is 0 Å². The van der Waals surface area contributed by atoms with E-state index in [-0.39, 0.29) is 12.7 Å². The van der Waals surface area contributed by atoms with E-state index in [1.165, 1.54) is 19.3 Å². The first-order valence-corrected chi connectivity index (χ1v) is 10.0. The molecule has 0 bridgehead atoms. The second kappa shape index (κ2) is 8.22. The van der Waals surface area contributed by atoms with Gasteiger partial charge in [0, 0.05) is 24.7 Å². The van der Waals surface area contributed by atoms with E-state index in [0.29, 0.717) is 41.1 Å². The van der Waals surface area contributed by atoms with Crippen molar-refractivity contribution in [2.24, 2.45) is 0 Å². The average Bonchev–Trinajstić information content (AvgIpc) is 3.32. The van der Waals surface area contributed by atoms with E-state index in [1.807, 2.05) is 18.2 Å². The SMILES string of the molecule is Cc1noc(-c2ccc3c(c2)OCO3)c1C(=O)NCCCN1CCCC[C@@H]1C. The van der Waals surface area contributed by atoms with Gasteiger partial charge in [0.25, 0.3) is 5.91 Å². The van der Waals surface area contributed by atoms with Gasteiger partial charge in [0.1, 0.15) is 5.56 Å². The Morgan fingerprint density at radius 2 is 2.14 bits per heavy atom. The van der Waals surface area contributed by atoms with E-state index in [2.05, 4.69) is 22.3 Å². The van der Waals surface area contributed by atoms with Gasteiger partial charge in [-0.05, 0) is 57.9 Å². The van der Waals surface area contributed by atoms with Crippen LogP contribution in [0.2, 0.25) is 0 Å². The molecule has 1 aromatic carbocycles. The third kappa shape index (κ3) is 3.85. The number of rotatable bonds is 6. The molecule has 1 N–H and O–H groups in total. The van der Waals surface area contributed by atoms with Crippen molar-refractivity contribution in [3.63, 3.8) is 0 Å². The lowest BCUT2D eigenvalue weighted by atomic mass is 10.0. The van der Waals surface area contributed by atoms with Crippen LogP contribution in [0.25, 0.3) is 11.3 Å². The normalized spacial score (nSPS) is 19.0. The molecule has 1 atom stereocenters. The van der Waals surface area contributed by atoms with Gasteiger partial charge >= 0.3 is 0 Å². The van der Waals surface area contributed by atoms with Gasteiger partial charge in [-0.1, -0.05) is 11.6 Å². The van der Waals surface area contributed by atoms with E-state index in [4.69, 9.17) is 14.0 Å². The molecule has 0 unspecified atom stereocenters. The largest absolute Gasteiger partial charge is 0.454 e. The monoisotopic (exact) mass is 385 g/mol. The summed E-state index contributed by atoms with van der Waals surface area (Å²) < 4.78 is 16.2. The van der Waals surface area contributed by atoms with Crippen molar-refractivity contribution in [2.75, 3.05) is 26.4 Å². The molecule has 28 heavy (non-hydrogen) atoms. The lowest BCUT2D eigenvalue weighted by molar-refractivity contribution is 0.0948. The van der Waals surface area contributed by atoms with E-state index in [1.54, 1.807) is 6.92 Å². The standard InChI is InChI=1S/C21H27N3O4/c1-14-6-3-4-10-24(14)11-5-9-22-21(25)19-15(2)23-28-20(19)16-7-8-17-18(12-16)27-13-26-17/h7-8,12,14H,3-6,9-11,13H2,1-2H3,(H,22,25)/t14-/m0/s1. The predicted octanol–water partition coefficient (Wildman–Crippen LogP) is 3.37. The summed E-state index contributed by atoms with van der Waals surface area (Å²) in [5.74, 6) is 1.64. The van der Waals surface area contributed by atoms with Gasteiger partial charge < -0.3 is 24.2 Å². The summed E-state index contributed by atoms with van der Waals surface area (Å²) in [5.41, 5.74) is 1.80. The molecule has 7 nitrogen and oxygen atoms in total. The number of ether oxygens (including phenoxy) is 2. The summed E-state index contributed by atoms with van der Waals surface area (Å²) in [5, 5.41) is 7.02. The molecular formula is C21H27N3O4. The van der Waals surface area contributed by atoms with Crippen LogP contribution in [0.4, 0.5) is 0 Å². The van der Waals surface area contributed by atoms with Crippen molar-refractivity contribution >= 4 is 5.91 Å². The number of aromatic nitrogens is 1. The Morgan fingerprint density at radius 1 is 1.29 bits per heavy atom. The van der Waals surface area contributed by atoms with Gasteiger partial charge in [-0.3, -0.25) is 4.79 Å². The van der Waals surface area contributed by atoms with Crippen LogP contribution in [-0.4, -0.2) is 48.4 Å². The fourth-order valence-electron chi connectivity index (χ4n) is 3.93. The molecule has 1 amide bonds. The molecule has 0 radical (unpaired) electrons. The number of nitrogens with one attached hydrogen (secondary N) is 1. The number of aryl methyl sites for hydroxylation is 1. The van der Waals surface area contributed by atoms with Crippen molar-refractivity contribution < 1.29 is 18.8 Å². The van der Waals surface area contributed by atoms with Crippen LogP contribution in [0.15, 0.2) is 22.7 Å². The Balaban J connectivity index is 1.39. The summed E-state index contributed by atoms with van der Waals surface area (Å²) >= 11 is 0. The molecular weight excluding hydrogens is 358 g/mol. The molecule has 2 aliphatic heterocycles. The van der Waals surface area contributed by atoms with Crippen LogP contribution in [-0.2, 0) is 0 Å². The molecule has 2 aliphatic rings. The zero-order valence-corrected chi connectivity index (χ0v) is 16.5. The number of piperidine rings is 1. The lowest BCUT2D eigenvalue weighted by Gasteiger charge is -2.33. The van der Waals surface area contributed by atoms with E-state index < -0.39 is 0 Å². The predicted molar refractivity (Wildman–Crippen MR) is 105 cm³/mol. The van der Waals surface area contributed by atoms with Crippen molar-refractivity contribution in [1.29, 1.82) is 0 Å². The summed E-state index contributed by atoms with van der Waals surface area (Å²) in [6.07, 6.45) is 4.80.